The molecule has 0 spiro atoms. The van der Waals surface area contributed by atoms with Crippen LogP contribution in [0.1, 0.15) is 59.9 Å². The van der Waals surface area contributed by atoms with E-state index in [0.717, 1.165) is 5.56 Å². The van der Waals surface area contributed by atoms with E-state index in [1.54, 1.807) is 53.7 Å². The molecular weight excluding hydrogens is 484 g/mol. The van der Waals surface area contributed by atoms with Crippen molar-refractivity contribution in [3.63, 3.8) is 0 Å². The summed E-state index contributed by atoms with van der Waals surface area (Å²) in [6.07, 6.45) is -0.779. The highest BCUT2D eigenvalue weighted by Crippen LogP contribution is 2.18. The average Bonchev–Trinajstić information content (AvgIpc) is 2.72. The Morgan fingerprint density at radius 1 is 0.944 bits per heavy atom. The monoisotopic (exact) mass is 524 g/mol. The van der Waals surface area contributed by atoms with E-state index in [9.17, 15) is 18.0 Å². The van der Waals surface area contributed by atoms with Crippen molar-refractivity contribution in [2.75, 3.05) is 32.7 Å². The number of benzene rings is 1. The largest absolute Gasteiger partial charge is 0.444 e. The molecule has 0 atom stereocenters. The molecule has 0 bridgehead atoms. The number of carbonyl (C=O) groups is 2. The molecule has 10 nitrogen and oxygen atoms in total. The van der Waals surface area contributed by atoms with Crippen LogP contribution in [0.5, 0.6) is 0 Å². The van der Waals surface area contributed by atoms with Crippen LogP contribution >= 0.6 is 0 Å². The van der Waals surface area contributed by atoms with Crippen LogP contribution in [-0.4, -0.2) is 73.7 Å². The Balaban J connectivity index is 3.00. The van der Waals surface area contributed by atoms with E-state index >= 15 is 0 Å². The SMILES string of the molecule is Cc1ccc(S(=O)(=O)N(CCCNC(=O)OC(C)(C)C)CCN(CCC#N)C(=O)OC(C)(C)C)cc1. The first-order valence-electron chi connectivity index (χ1n) is 11.9. The van der Waals surface area contributed by atoms with Gasteiger partial charge in [0.2, 0.25) is 10.0 Å². The van der Waals surface area contributed by atoms with Crippen molar-refractivity contribution in [3.8, 4) is 6.07 Å². The molecule has 0 aliphatic carbocycles. The maximum Gasteiger partial charge on any atom is 0.410 e. The maximum absolute atomic E-state index is 13.4. The smallest absolute Gasteiger partial charge is 0.410 e. The van der Waals surface area contributed by atoms with Crippen LogP contribution in [0.3, 0.4) is 0 Å². The quantitative estimate of drug-likeness (QED) is 0.432. The Bertz CT molecular complexity index is 1000. The number of rotatable bonds is 11. The molecule has 11 heteroatoms. The number of ether oxygens (including phenoxy) is 2. The number of aryl methyl sites for hydroxylation is 1. The van der Waals surface area contributed by atoms with Crippen molar-refractivity contribution in [3.05, 3.63) is 29.8 Å². The van der Waals surface area contributed by atoms with E-state index < -0.39 is 33.4 Å². The van der Waals surface area contributed by atoms with Gasteiger partial charge in [0.15, 0.2) is 0 Å². The van der Waals surface area contributed by atoms with Gasteiger partial charge in [0.05, 0.1) is 17.4 Å². The Morgan fingerprint density at radius 2 is 1.53 bits per heavy atom. The van der Waals surface area contributed by atoms with Crippen LogP contribution in [0, 0.1) is 18.3 Å². The van der Waals surface area contributed by atoms with E-state index in [4.69, 9.17) is 14.7 Å². The predicted octanol–water partition coefficient (Wildman–Crippen LogP) is 4.05. The second-order valence-electron chi connectivity index (χ2n) is 10.4. The number of nitriles is 1. The number of nitrogens with one attached hydrogen (secondary N) is 1. The Kier molecular flexibility index (Phi) is 11.7. The molecule has 1 aromatic carbocycles. The highest BCUT2D eigenvalue weighted by molar-refractivity contribution is 7.89. The Labute approximate surface area is 215 Å². The van der Waals surface area contributed by atoms with Gasteiger partial charge in [-0.15, -0.1) is 0 Å². The molecule has 0 heterocycles. The summed E-state index contributed by atoms with van der Waals surface area (Å²) < 4.78 is 38.7. The zero-order valence-corrected chi connectivity index (χ0v) is 23.3. The van der Waals surface area contributed by atoms with Crippen molar-refractivity contribution < 1.29 is 27.5 Å². The molecule has 1 aromatic rings. The van der Waals surface area contributed by atoms with Crippen molar-refractivity contribution in [2.45, 2.75) is 77.4 Å². The van der Waals surface area contributed by atoms with Gasteiger partial charge in [0, 0.05) is 32.7 Å². The number of carbonyl (C=O) groups excluding carboxylic acids is 2. The molecule has 0 saturated heterocycles. The van der Waals surface area contributed by atoms with Gasteiger partial charge in [-0.25, -0.2) is 18.0 Å². The Morgan fingerprint density at radius 3 is 2.06 bits per heavy atom. The first kappa shape index (κ1) is 31.2. The minimum absolute atomic E-state index is 0.00663. The summed E-state index contributed by atoms with van der Waals surface area (Å²) in [4.78, 5) is 26.0. The molecule has 0 aliphatic rings. The van der Waals surface area contributed by atoms with E-state index in [0.29, 0.717) is 6.42 Å². The lowest BCUT2D eigenvalue weighted by atomic mass is 10.2. The van der Waals surface area contributed by atoms with Gasteiger partial charge in [-0.05, 0) is 67.0 Å². The molecule has 0 aromatic heterocycles. The summed E-state index contributed by atoms with van der Waals surface area (Å²) in [5, 5.41) is 11.6. The molecule has 2 amide bonds. The minimum Gasteiger partial charge on any atom is -0.444 e. The minimum atomic E-state index is -3.88. The molecular formula is C25H40N4O6S. The van der Waals surface area contributed by atoms with Gasteiger partial charge in [-0.2, -0.15) is 9.57 Å². The molecule has 0 fully saturated rings. The second kappa shape index (κ2) is 13.5. The summed E-state index contributed by atoms with van der Waals surface area (Å²) in [7, 11) is -3.88. The van der Waals surface area contributed by atoms with Crippen LogP contribution in [0.25, 0.3) is 0 Å². The molecule has 0 saturated carbocycles. The molecule has 1 rings (SSSR count). The van der Waals surface area contributed by atoms with Gasteiger partial charge >= 0.3 is 12.2 Å². The molecule has 0 unspecified atom stereocenters. The van der Waals surface area contributed by atoms with Crippen LogP contribution < -0.4 is 5.32 Å². The first-order chi connectivity index (χ1) is 16.5. The number of sulfonamides is 1. The summed E-state index contributed by atoms with van der Waals surface area (Å²) in [5.41, 5.74) is -0.447. The molecule has 0 radical (unpaired) electrons. The highest BCUT2D eigenvalue weighted by Gasteiger charge is 2.27. The number of alkyl carbamates (subject to hydrolysis) is 1. The number of hydrogen-bond donors (Lipinski definition) is 1. The lowest BCUT2D eigenvalue weighted by Crippen LogP contribution is -2.44. The van der Waals surface area contributed by atoms with Crippen LogP contribution in [0.15, 0.2) is 29.2 Å². The summed E-state index contributed by atoms with van der Waals surface area (Å²) >= 11 is 0. The third-order valence-corrected chi connectivity index (χ3v) is 6.59. The van der Waals surface area contributed by atoms with Crippen LogP contribution in [0.4, 0.5) is 9.59 Å². The zero-order valence-electron chi connectivity index (χ0n) is 22.5. The Hall–Kier alpha value is -2.84. The predicted molar refractivity (Wildman–Crippen MR) is 137 cm³/mol. The normalized spacial score (nSPS) is 12.1. The van der Waals surface area contributed by atoms with Crippen molar-refractivity contribution >= 4 is 22.2 Å². The van der Waals surface area contributed by atoms with Crippen molar-refractivity contribution in [2.24, 2.45) is 0 Å². The molecule has 36 heavy (non-hydrogen) atoms. The van der Waals surface area contributed by atoms with Gasteiger partial charge in [0.25, 0.3) is 0 Å². The molecule has 0 aliphatic heterocycles. The van der Waals surface area contributed by atoms with Crippen LogP contribution in [0.2, 0.25) is 0 Å². The zero-order chi connectivity index (χ0) is 27.6. The van der Waals surface area contributed by atoms with Gasteiger partial charge in [-0.3, -0.25) is 0 Å². The molecule has 1 N–H and O–H groups in total. The lowest BCUT2D eigenvalue weighted by molar-refractivity contribution is 0.0246. The summed E-state index contributed by atoms with van der Waals surface area (Å²) in [6, 6.07) is 8.51. The standard InChI is InChI=1S/C25H40N4O6S/c1-20-10-12-21(13-11-20)36(32,33)29(17-9-15-27-22(30)34-24(2,3)4)19-18-28(16-8-14-26)23(31)35-25(5,6)7/h10-13H,8-9,15-19H2,1-7H3,(H,27,30). The van der Waals surface area contributed by atoms with E-state index in [1.165, 1.54) is 21.3 Å². The van der Waals surface area contributed by atoms with Gasteiger partial charge in [-0.1, -0.05) is 17.7 Å². The number of nitrogens with zero attached hydrogens (tertiary/aromatic N) is 3. The third kappa shape index (κ3) is 11.7. The maximum atomic E-state index is 13.4. The fraction of sp³-hybridized carbons (Fsp3) is 0.640. The van der Waals surface area contributed by atoms with Crippen LogP contribution in [-0.2, 0) is 19.5 Å². The van der Waals surface area contributed by atoms with E-state index in [1.807, 2.05) is 13.0 Å². The first-order valence-corrected chi connectivity index (χ1v) is 13.4. The highest BCUT2D eigenvalue weighted by atomic mass is 32.2. The summed E-state index contributed by atoms with van der Waals surface area (Å²) in [6.45, 7) is 12.8. The number of hydrogen-bond acceptors (Lipinski definition) is 7. The average molecular weight is 525 g/mol. The van der Waals surface area contributed by atoms with Gasteiger partial charge < -0.3 is 19.7 Å². The van der Waals surface area contributed by atoms with E-state index in [-0.39, 0.29) is 44.0 Å². The van der Waals surface area contributed by atoms with Gasteiger partial charge in [0.1, 0.15) is 11.2 Å². The van der Waals surface area contributed by atoms with Crippen molar-refractivity contribution in [1.82, 2.24) is 14.5 Å². The van der Waals surface area contributed by atoms with Crippen molar-refractivity contribution in [1.29, 1.82) is 5.26 Å². The topological polar surface area (TPSA) is 129 Å². The molecule has 202 valence electrons. The fourth-order valence-electron chi connectivity index (χ4n) is 3.01. The summed E-state index contributed by atoms with van der Waals surface area (Å²) in [5.74, 6) is 0. The third-order valence-electron chi connectivity index (χ3n) is 4.68. The fourth-order valence-corrected chi connectivity index (χ4v) is 4.48. The second-order valence-corrected chi connectivity index (χ2v) is 12.3. The van der Waals surface area contributed by atoms with E-state index in [2.05, 4.69) is 5.32 Å². The number of amides is 2. The lowest BCUT2D eigenvalue weighted by Gasteiger charge is -2.29.